The number of aromatic nitrogens is 4. The van der Waals surface area contributed by atoms with Crippen molar-refractivity contribution in [2.75, 3.05) is 6.54 Å². The summed E-state index contributed by atoms with van der Waals surface area (Å²) in [4.78, 5) is 11.9. The Hall–Kier alpha value is -2.11. The molecule has 2 aromatic rings. The predicted octanol–water partition coefficient (Wildman–Crippen LogP) is 1.34. The Kier molecular flexibility index (Phi) is 3.06. The third-order valence-corrected chi connectivity index (χ3v) is 3.60. The van der Waals surface area contributed by atoms with Crippen LogP contribution in [0, 0.1) is 5.92 Å². The lowest BCUT2D eigenvalue weighted by Gasteiger charge is -2.25. The van der Waals surface area contributed by atoms with Gasteiger partial charge in [-0.15, -0.1) is 0 Å². The Morgan fingerprint density at radius 3 is 3.05 bits per heavy atom. The summed E-state index contributed by atoms with van der Waals surface area (Å²) in [7, 11) is 1.85. The minimum absolute atomic E-state index is 0.0884. The average molecular weight is 259 g/mol. The molecule has 2 heterocycles. The van der Waals surface area contributed by atoms with Crippen LogP contribution in [0.3, 0.4) is 0 Å². The van der Waals surface area contributed by atoms with Crippen molar-refractivity contribution in [2.45, 2.75) is 19.3 Å². The molecule has 0 unspecified atom stereocenters. The van der Waals surface area contributed by atoms with E-state index in [4.69, 9.17) is 0 Å². The normalized spacial score (nSPS) is 15.2. The van der Waals surface area contributed by atoms with Crippen molar-refractivity contribution in [1.29, 1.82) is 0 Å². The first-order valence-electron chi connectivity index (χ1n) is 6.55. The first-order chi connectivity index (χ1) is 9.22. The second-order valence-electron chi connectivity index (χ2n) is 5.08. The molecule has 1 aliphatic carbocycles. The number of hydrogen-bond donors (Lipinski definition) is 2. The molecule has 100 valence electrons. The topological polar surface area (TPSA) is 75.6 Å². The largest absolute Gasteiger partial charge is 0.350 e. The lowest BCUT2D eigenvalue weighted by molar-refractivity contribution is 0.0934. The average Bonchev–Trinajstić information content (AvgIpc) is 2.94. The van der Waals surface area contributed by atoms with Crippen LogP contribution < -0.4 is 5.32 Å². The van der Waals surface area contributed by atoms with Crippen molar-refractivity contribution >= 4 is 5.91 Å². The summed E-state index contributed by atoms with van der Waals surface area (Å²) in [5.74, 6) is 0.569. The van der Waals surface area contributed by atoms with Gasteiger partial charge in [-0.25, -0.2) is 0 Å². The second kappa shape index (κ2) is 4.87. The summed E-state index contributed by atoms with van der Waals surface area (Å²) in [6.45, 7) is 0.764. The van der Waals surface area contributed by atoms with E-state index in [-0.39, 0.29) is 5.91 Å². The predicted molar refractivity (Wildman–Crippen MR) is 70.5 cm³/mol. The van der Waals surface area contributed by atoms with Crippen LogP contribution >= 0.6 is 0 Å². The zero-order valence-corrected chi connectivity index (χ0v) is 10.9. The van der Waals surface area contributed by atoms with Gasteiger partial charge in [0.25, 0.3) is 5.91 Å². The maximum Gasteiger partial charge on any atom is 0.269 e. The fourth-order valence-corrected chi connectivity index (χ4v) is 2.17. The molecule has 1 aliphatic rings. The van der Waals surface area contributed by atoms with E-state index in [0.29, 0.717) is 11.6 Å². The highest BCUT2D eigenvalue weighted by Gasteiger charge is 2.19. The van der Waals surface area contributed by atoms with Crippen LogP contribution in [0.2, 0.25) is 0 Å². The van der Waals surface area contributed by atoms with Gasteiger partial charge in [0, 0.05) is 25.4 Å². The third kappa shape index (κ3) is 2.52. The molecule has 0 spiro atoms. The number of aryl methyl sites for hydroxylation is 1. The summed E-state index contributed by atoms with van der Waals surface area (Å²) in [6, 6.07) is 1.76. The van der Waals surface area contributed by atoms with E-state index in [0.717, 1.165) is 17.8 Å². The Bertz CT molecular complexity index is 581. The highest BCUT2D eigenvalue weighted by Crippen LogP contribution is 2.25. The second-order valence-corrected chi connectivity index (χ2v) is 5.08. The highest BCUT2D eigenvalue weighted by molar-refractivity contribution is 5.93. The van der Waals surface area contributed by atoms with E-state index in [1.165, 1.54) is 19.3 Å². The quantitative estimate of drug-likeness (QED) is 0.870. The lowest BCUT2D eigenvalue weighted by atomic mass is 9.85. The molecule has 1 amide bonds. The summed E-state index contributed by atoms with van der Waals surface area (Å²) in [5, 5.41) is 13.9. The Balaban J connectivity index is 1.64. The minimum Gasteiger partial charge on any atom is -0.350 e. The summed E-state index contributed by atoms with van der Waals surface area (Å²) < 4.78 is 1.71. The number of aromatic amines is 1. The molecule has 0 bridgehead atoms. The van der Waals surface area contributed by atoms with Crippen LogP contribution in [0.25, 0.3) is 11.3 Å². The van der Waals surface area contributed by atoms with Crippen molar-refractivity contribution in [2.24, 2.45) is 13.0 Å². The maximum atomic E-state index is 11.9. The van der Waals surface area contributed by atoms with Crippen molar-refractivity contribution in [3.63, 3.8) is 0 Å². The van der Waals surface area contributed by atoms with E-state index in [2.05, 4.69) is 20.6 Å². The van der Waals surface area contributed by atoms with E-state index < -0.39 is 0 Å². The van der Waals surface area contributed by atoms with Gasteiger partial charge < -0.3 is 5.32 Å². The number of hydrogen-bond acceptors (Lipinski definition) is 3. The lowest BCUT2D eigenvalue weighted by Crippen LogP contribution is -2.32. The van der Waals surface area contributed by atoms with Gasteiger partial charge in [-0.05, 0) is 24.8 Å². The van der Waals surface area contributed by atoms with Gasteiger partial charge in [-0.3, -0.25) is 14.6 Å². The Labute approximate surface area is 111 Å². The highest BCUT2D eigenvalue weighted by atomic mass is 16.1. The molecule has 3 rings (SSSR count). The molecule has 0 radical (unpaired) electrons. The van der Waals surface area contributed by atoms with E-state index in [9.17, 15) is 4.79 Å². The molecule has 2 aromatic heterocycles. The first kappa shape index (κ1) is 12.0. The number of nitrogens with zero attached hydrogens (tertiary/aromatic N) is 3. The monoisotopic (exact) mass is 259 g/mol. The Morgan fingerprint density at radius 1 is 1.58 bits per heavy atom. The molecule has 0 saturated heterocycles. The number of amides is 1. The molecule has 19 heavy (non-hydrogen) atoms. The minimum atomic E-state index is -0.0884. The van der Waals surface area contributed by atoms with Crippen LogP contribution in [0.15, 0.2) is 18.5 Å². The smallest absolute Gasteiger partial charge is 0.269 e. The molecule has 6 nitrogen and oxygen atoms in total. The zero-order chi connectivity index (χ0) is 13.2. The summed E-state index contributed by atoms with van der Waals surface area (Å²) >= 11 is 0. The van der Waals surface area contributed by atoms with E-state index in [1.807, 2.05) is 13.2 Å². The molecule has 6 heteroatoms. The van der Waals surface area contributed by atoms with Gasteiger partial charge >= 0.3 is 0 Å². The molecule has 2 N–H and O–H groups in total. The standard InChI is InChI=1S/C13H17N5O/c1-18-8-10(7-15-18)11-5-12(17-16-11)13(19)14-6-9-3-2-4-9/h5,7-9H,2-4,6H2,1H3,(H,14,19)(H,16,17). The number of rotatable bonds is 4. The maximum absolute atomic E-state index is 11.9. The first-order valence-corrected chi connectivity index (χ1v) is 6.55. The number of H-pyrrole nitrogens is 1. The molecule has 0 aromatic carbocycles. The van der Waals surface area contributed by atoms with Gasteiger partial charge in [0.05, 0.1) is 11.9 Å². The number of carbonyl (C=O) groups excluding carboxylic acids is 1. The number of nitrogens with one attached hydrogen (secondary N) is 2. The van der Waals surface area contributed by atoms with Gasteiger partial charge in [0.1, 0.15) is 5.69 Å². The van der Waals surface area contributed by atoms with Crippen LogP contribution in [-0.2, 0) is 7.05 Å². The molecule has 0 aliphatic heterocycles. The van der Waals surface area contributed by atoms with Gasteiger partial charge in [0.15, 0.2) is 0 Å². The molecular formula is C13H17N5O. The Morgan fingerprint density at radius 2 is 2.42 bits per heavy atom. The summed E-state index contributed by atoms with van der Waals surface area (Å²) in [5.41, 5.74) is 2.14. The van der Waals surface area contributed by atoms with Crippen molar-refractivity contribution in [3.8, 4) is 11.3 Å². The fraction of sp³-hybridized carbons (Fsp3) is 0.462. The van der Waals surface area contributed by atoms with Gasteiger partial charge in [-0.2, -0.15) is 10.2 Å². The van der Waals surface area contributed by atoms with Crippen LogP contribution in [-0.4, -0.2) is 32.4 Å². The SMILES string of the molecule is Cn1cc(-c2cc(C(=O)NCC3CCC3)[nH]n2)cn1. The third-order valence-electron chi connectivity index (χ3n) is 3.60. The molecule has 1 saturated carbocycles. The van der Waals surface area contributed by atoms with Crippen molar-refractivity contribution in [1.82, 2.24) is 25.3 Å². The fourth-order valence-electron chi connectivity index (χ4n) is 2.17. The molecule has 1 fully saturated rings. The van der Waals surface area contributed by atoms with Crippen molar-refractivity contribution in [3.05, 3.63) is 24.2 Å². The van der Waals surface area contributed by atoms with E-state index >= 15 is 0 Å². The molecule has 0 atom stereocenters. The zero-order valence-electron chi connectivity index (χ0n) is 10.9. The van der Waals surface area contributed by atoms with Crippen LogP contribution in [0.1, 0.15) is 29.8 Å². The molecular weight excluding hydrogens is 242 g/mol. The van der Waals surface area contributed by atoms with Crippen LogP contribution in [0.4, 0.5) is 0 Å². The van der Waals surface area contributed by atoms with Crippen LogP contribution in [0.5, 0.6) is 0 Å². The van der Waals surface area contributed by atoms with Gasteiger partial charge in [-0.1, -0.05) is 6.42 Å². The number of carbonyl (C=O) groups is 1. The van der Waals surface area contributed by atoms with Crippen molar-refractivity contribution < 1.29 is 4.79 Å². The van der Waals surface area contributed by atoms with Gasteiger partial charge in [0.2, 0.25) is 0 Å². The summed E-state index contributed by atoms with van der Waals surface area (Å²) in [6.07, 6.45) is 7.34. The van der Waals surface area contributed by atoms with E-state index in [1.54, 1.807) is 16.9 Å².